The normalized spacial score (nSPS) is 42.4. The highest BCUT2D eigenvalue weighted by molar-refractivity contribution is 5.03. The Morgan fingerprint density at radius 1 is 0.929 bits per heavy atom. The lowest BCUT2D eigenvalue weighted by Crippen LogP contribution is -2.68. The van der Waals surface area contributed by atoms with Gasteiger partial charge in [0.1, 0.15) is 0 Å². The minimum Gasteiger partial charge on any atom is -0.392 e. The van der Waals surface area contributed by atoms with Crippen LogP contribution in [0.15, 0.2) is 0 Å². The van der Waals surface area contributed by atoms with Crippen LogP contribution in [0.4, 0.5) is 0 Å². The van der Waals surface area contributed by atoms with Crippen LogP contribution in [-0.2, 0) is 0 Å². The highest BCUT2D eigenvalue weighted by Crippen LogP contribution is 2.43. The van der Waals surface area contributed by atoms with Crippen LogP contribution in [-0.4, -0.2) is 32.6 Å². The van der Waals surface area contributed by atoms with Crippen molar-refractivity contribution >= 4 is 0 Å². The summed E-state index contributed by atoms with van der Waals surface area (Å²) >= 11 is 0. The number of piperidine rings is 1. The van der Waals surface area contributed by atoms with Gasteiger partial charge in [-0.15, -0.1) is 0 Å². The van der Waals surface area contributed by atoms with Crippen LogP contribution in [0, 0.1) is 11.8 Å². The second kappa shape index (κ2) is 3.19. The third-order valence-electron chi connectivity index (χ3n) is 4.34. The average molecular weight is 201 g/mol. The smallest absolute Gasteiger partial charge is 0.0627 e. The van der Waals surface area contributed by atoms with Gasteiger partial charge in [0.25, 0.3) is 0 Å². The van der Waals surface area contributed by atoms with E-state index in [-0.39, 0.29) is 29.0 Å². The van der Waals surface area contributed by atoms with Crippen LogP contribution in [0.2, 0.25) is 0 Å². The van der Waals surface area contributed by atoms with Gasteiger partial charge in [-0.25, -0.2) is 0 Å². The Kier molecular flexibility index (Phi) is 2.72. The van der Waals surface area contributed by atoms with E-state index in [2.05, 4.69) is 0 Å². The first-order valence-electron chi connectivity index (χ1n) is 5.30. The molecule has 0 aromatic heterocycles. The largest absolute Gasteiger partial charge is 0.392 e. The second-order valence-electron chi connectivity index (χ2n) is 5.69. The highest BCUT2D eigenvalue weighted by Gasteiger charge is 2.53. The van der Waals surface area contributed by atoms with Gasteiger partial charge in [0, 0.05) is 22.9 Å². The van der Waals surface area contributed by atoms with Gasteiger partial charge in [-0.1, -0.05) is 13.8 Å². The van der Waals surface area contributed by atoms with Crippen molar-refractivity contribution in [2.45, 2.75) is 58.7 Å². The molecule has 3 nitrogen and oxygen atoms in total. The Morgan fingerprint density at radius 2 is 1.21 bits per heavy atom. The fourth-order valence-electron chi connectivity index (χ4n) is 2.40. The van der Waals surface area contributed by atoms with Gasteiger partial charge in [-0.3, -0.25) is 0 Å². The van der Waals surface area contributed by atoms with E-state index in [4.69, 9.17) is 0 Å². The number of hydrogen-bond acceptors (Lipinski definition) is 3. The van der Waals surface area contributed by atoms with Gasteiger partial charge in [0.05, 0.1) is 6.10 Å². The molecule has 1 saturated heterocycles. The summed E-state index contributed by atoms with van der Waals surface area (Å²) in [6.45, 7) is 11.8. The lowest BCUT2D eigenvalue weighted by atomic mass is 9.67. The first-order valence-corrected chi connectivity index (χ1v) is 5.30. The molecule has 0 amide bonds. The van der Waals surface area contributed by atoms with Crippen molar-refractivity contribution in [3.8, 4) is 0 Å². The monoisotopic (exact) mass is 201 g/mol. The highest BCUT2D eigenvalue weighted by atomic mass is 16.5. The Labute approximate surface area is 86.7 Å². The molecule has 0 aromatic rings. The lowest BCUT2D eigenvalue weighted by molar-refractivity contribution is -0.294. The topological polar surface area (TPSA) is 43.7 Å². The molecule has 14 heavy (non-hydrogen) atoms. The summed E-state index contributed by atoms with van der Waals surface area (Å²) in [5.74, 6) is 0.131. The number of hydroxylamine groups is 2. The number of hydrogen-bond donors (Lipinski definition) is 2. The first-order chi connectivity index (χ1) is 6.13. The number of rotatable bonds is 0. The molecule has 1 aliphatic rings. The Balaban J connectivity index is 3.09. The molecule has 0 saturated carbocycles. The predicted octanol–water partition coefficient (Wildman–Crippen LogP) is 1.88. The molecule has 1 aliphatic heterocycles. The van der Waals surface area contributed by atoms with E-state index in [0.717, 1.165) is 0 Å². The molecule has 3 heteroatoms. The standard InChI is InChI=1S/C11H23NO2/c1-7-9(13)8(2)11(5,6)12(14)10(7,3)4/h7-9,13-14H,1-6H3. The van der Waals surface area contributed by atoms with E-state index >= 15 is 0 Å². The molecule has 0 aromatic carbocycles. The van der Waals surface area contributed by atoms with Crippen molar-refractivity contribution < 1.29 is 10.3 Å². The van der Waals surface area contributed by atoms with Gasteiger partial charge in [0.15, 0.2) is 0 Å². The zero-order valence-corrected chi connectivity index (χ0v) is 10.1. The van der Waals surface area contributed by atoms with Crippen LogP contribution < -0.4 is 0 Å². The number of aliphatic hydroxyl groups excluding tert-OH is 1. The molecule has 2 unspecified atom stereocenters. The van der Waals surface area contributed by atoms with Crippen LogP contribution in [0.3, 0.4) is 0 Å². The molecule has 2 N–H and O–H groups in total. The summed E-state index contributed by atoms with van der Waals surface area (Å²) in [4.78, 5) is 0. The maximum absolute atomic E-state index is 10.1. The minimum absolute atomic E-state index is 0.0653. The molecule has 84 valence electrons. The third kappa shape index (κ3) is 1.38. The maximum atomic E-state index is 10.1. The van der Waals surface area contributed by atoms with E-state index in [9.17, 15) is 10.3 Å². The van der Waals surface area contributed by atoms with E-state index in [1.165, 1.54) is 5.06 Å². The van der Waals surface area contributed by atoms with Crippen molar-refractivity contribution in [1.29, 1.82) is 0 Å². The fourth-order valence-corrected chi connectivity index (χ4v) is 2.40. The SMILES string of the molecule is CC1C(O)C(C)C(C)(C)N(O)C1(C)C. The second-order valence-corrected chi connectivity index (χ2v) is 5.69. The zero-order chi connectivity index (χ0) is 11.3. The Bertz CT molecular complexity index is 203. The van der Waals surface area contributed by atoms with Crippen molar-refractivity contribution in [2.75, 3.05) is 0 Å². The molecule has 1 rings (SSSR count). The first kappa shape index (κ1) is 12.0. The van der Waals surface area contributed by atoms with Gasteiger partial charge >= 0.3 is 0 Å². The molecule has 0 radical (unpaired) electrons. The Hall–Kier alpha value is -0.120. The quantitative estimate of drug-likeness (QED) is 0.629. The summed E-state index contributed by atoms with van der Waals surface area (Å²) < 4.78 is 0. The van der Waals surface area contributed by atoms with Gasteiger partial charge in [0.2, 0.25) is 0 Å². The van der Waals surface area contributed by atoms with Crippen LogP contribution in [0.1, 0.15) is 41.5 Å². The van der Waals surface area contributed by atoms with Gasteiger partial charge in [-0.05, 0) is 27.7 Å². The summed E-state index contributed by atoms with van der Waals surface area (Å²) in [5.41, 5.74) is -0.759. The van der Waals surface area contributed by atoms with Crippen LogP contribution in [0.5, 0.6) is 0 Å². The number of nitrogens with zero attached hydrogens (tertiary/aromatic N) is 1. The lowest BCUT2D eigenvalue weighted by Gasteiger charge is -2.57. The molecule has 0 bridgehead atoms. The fraction of sp³-hybridized carbons (Fsp3) is 1.00. The molecule has 0 spiro atoms. The number of aliphatic hydroxyl groups is 1. The van der Waals surface area contributed by atoms with E-state index < -0.39 is 0 Å². The molecule has 2 atom stereocenters. The maximum Gasteiger partial charge on any atom is 0.0627 e. The molecule has 1 fully saturated rings. The summed E-state index contributed by atoms with van der Waals surface area (Å²) in [5, 5.41) is 21.6. The van der Waals surface area contributed by atoms with Crippen LogP contribution in [0.25, 0.3) is 0 Å². The molecule has 1 heterocycles. The third-order valence-corrected chi connectivity index (χ3v) is 4.34. The van der Waals surface area contributed by atoms with Crippen LogP contribution >= 0.6 is 0 Å². The van der Waals surface area contributed by atoms with E-state index in [1.54, 1.807) is 0 Å². The van der Waals surface area contributed by atoms with Crippen molar-refractivity contribution in [1.82, 2.24) is 5.06 Å². The summed E-state index contributed by atoms with van der Waals surface area (Å²) in [6.07, 6.45) is -0.358. The van der Waals surface area contributed by atoms with Crippen molar-refractivity contribution in [3.63, 3.8) is 0 Å². The van der Waals surface area contributed by atoms with E-state index in [1.807, 2.05) is 41.5 Å². The van der Waals surface area contributed by atoms with Gasteiger partial charge < -0.3 is 10.3 Å². The summed E-state index contributed by atoms with van der Waals surface area (Å²) in [7, 11) is 0. The summed E-state index contributed by atoms with van der Waals surface area (Å²) in [6, 6.07) is 0. The Morgan fingerprint density at radius 3 is 1.50 bits per heavy atom. The van der Waals surface area contributed by atoms with Crippen molar-refractivity contribution in [2.24, 2.45) is 11.8 Å². The van der Waals surface area contributed by atoms with E-state index in [0.29, 0.717) is 0 Å². The van der Waals surface area contributed by atoms with Crippen molar-refractivity contribution in [3.05, 3.63) is 0 Å². The van der Waals surface area contributed by atoms with Gasteiger partial charge in [-0.2, -0.15) is 5.06 Å². The average Bonchev–Trinajstić information content (AvgIpc) is 2.11. The zero-order valence-electron chi connectivity index (χ0n) is 10.1. The molecular formula is C11H23NO2. The molecule has 0 aliphatic carbocycles. The predicted molar refractivity (Wildman–Crippen MR) is 56.1 cm³/mol. The molecular weight excluding hydrogens is 178 g/mol. The minimum atomic E-state index is -0.380.